The molecule has 0 spiro atoms. The summed E-state index contributed by atoms with van der Waals surface area (Å²) in [5.74, 6) is -1.66. The van der Waals surface area contributed by atoms with Gasteiger partial charge < -0.3 is 20.1 Å². The number of urea groups is 1. The van der Waals surface area contributed by atoms with Gasteiger partial charge in [-0.1, -0.05) is 35.9 Å². The first-order valence-electron chi connectivity index (χ1n) is 9.50. The number of hydrogen-bond donors (Lipinski definition) is 2. The van der Waals surface area contributed by atoms with Crippen molar-refractivity contribution in [3.05, 3.63) is 81.8 Å². The molecule has 0 fully saturated rings. The molecule has 0 saturated heterocycles. The second kappa shape index (κ2) is 10.1. The minimum Gasteiger partial charge on any atom is -0.463 e. The summed E-state index contributed by atoms with van der Waals surface area (Å²) in [4.78, 5) is 37.1. The van der Waals surface area contributed by atoms with E-state index in [-0.39, 0.29) is 30.9 Å². The number of esters is 2. The average molecular weight is 447 g/mol. The van der Waals surface area contributed by atoms with Crippen molar-refractivity contribution in [1.29, 1.82) is 0 Å². The summed E-state index contributed by atoms with van der Waals surface area (Å²) in [5, 5.41) is 5.70. The van der Waals surface area contributed by atoms with Gasteiger partial charge in [0.2, 0.25) is 0 Å². The standard InChI is InChI=1S/C22H20ClFN2O5/c1-2-30-21(28)19-17(12-31-18(27)11-13-3-9-16(24)10-4-13)25-22(29)26-20(19)14-5-7-15(23)8-6-14/h3-10,20H,2,11-12H2,1H3,(H2,25,26,29)/t20-/m1/s1. The normalized spacial score (nSPS) is 15.7. The molecule has 2 aromatic rings. The molecule has 0 bridgehead atoms. The van der Waals surface area contributed by atoms with Crippen molar-refractivity contribution in [3.8, 4) is 0 Å². The van der Waals surface area contributed by atoms with Crippen molar-refractivity contribution in [3.63, 3.8) is 0 Å². The van der Waals surface area contributed by atoms with Crippen molar-refractivity contribution in [1.82, 2.24) is 10.6 Å². The highest BCUT2D eigenvalue weighted by Gasteiger charge is 2.34. The van der Waals surface area contributed by atoms with E-state index in [1.807, 2.05) is 0 Å². The molecule has 9 heteroatoms. The fourth-order valence-electron chi connectivity index (χ4n) is 3.06. The van der Waals surface area contributed by atoms with Crippen molar-refractivity contribution >= 4 is 29.6 Å². The lowest BCUT2D eigenvalue weighted by Crippen LogP contribution is -2.47. The summed E-state index contributed by atoms with van der Waals surface area (Å²) in [7, 11) is 0. The molecule has 2 N–H and O–H groups in total. The van der Waals surface area contributed by atoms with E-state index >= 15 is 0 Å². The number of ether oxygens (including phenoxy) is 2. The van der Waals surface area contributed by atoms with E-state index in [1.165, 1.54) is 24.3 Å². The molecule has 2 aromatic carbocycles. The second-order valence-electron chi connectivity index (χ2n) is 6.66. The maximum Gasteiger partial charge on any atom is 0.338 e. The molecule has 0 aliphatic carbocycles. The van der Waals surface area contributed by atoms with Crippen LogP contribution in [-0.4, -0.2) is 31.2 Å². The van der Waals surface area contributed by atoms with Crippen LogP contribution in [0.3, 0.4) is 0 Å². The van der Waals surface area contributed by atoms with Gasteiger partial charge in [-0.05, 0) is 42.3 Å². The van der Waals surface area contributed by atoms with Gasteiger partial charge in [-0.25, -0.2) is 14.0 Å². The number of amides is 2. The number of benzene rings is 2. The molecule has 2 amide bonds. The lowest BCUT2D eigenvalue weighted by molar-refractivity contribution is -0.143. The van der Waals surface area contributed by atoms with Gasteiger partial charge in [-0.15, -0.1) is 0 Å². The fraction of sp³-hybridized carbons (Fsp3) is 0.227. The van der Waals surface area contributed by atoms with Crippen LogP contribution >= 0.6 is 11.6 Å². The van der Waals surface area contributed by atoms with E-state index in [9.17, 15) is 18.8 Å². The summed E-state index contributed by atoms with van der Waals surface area (Å²) in [5.41, 5.74) is 1.42. The van der Waals surface area contributed by atoms with Gasteiger partial charge in [-0.3, -0.25) is 4.79 Å². The van der Waals surface area contributed by atoms with Crippen LogP contribution in [0.25, 0.3) is 0 Å². The van der Waals surface area contributed by atoms with E-state index in [1.54, 1.807) is 31.2 Å². The Kier molecular flexibility index (Phi) is 7.25. The summed E-state index contributed by atoms with van der Waals surface area (Å²) >= 11 is 5.93. The van der Waals surface area contributed by atoms with Crippen molar-refractivity contribution in [2.75, 3.05) is 13.2 Å². The fourth-order valence-corrected chi connectivity index (χ4v) is 3.19. The molecular weight excluding hydrogens is 427 g/mol. The zero-order valence-electron chi connectivity index (χ0n) is 16.6. The van der Waals surface area contributed by atoms with Crippen LogP contribution in [0.5, 0.6) is 0 Å². The quantitative estimate of drug-likeness (QED) is 0.635. The first-order valence-corrected chi connectivity index (χ1v) is 9.88. The maximum atomic E-state index is 13.0. The van der Waals surface area contributed by atoms with Crippen LogP contribution in [0.2, 0.25) is 5.02 Å². The zero-order chi connectivity index (χ0) is 22.4. The number of carbonyl (C=O) groups is 3. The van der Waals surface area contributed by atoms with Gasteiger partial charge in [0.15, 0.2) is 0 Å². The van der Waals surface area contributed by atoms with Crippen molar-refractivity contribution in [2.24, 2.45) is 0 Å². The third kappa shape index (κ3) is 5.82. The largest absolute Gasteiger partial charge is 0.463 e. The predicted molar refractivity (Wildman–Crippen MR) is 111 cm³/mol. The molecule has 31 heavy (non-hydrogen) atoms. The van der Waals surface area contributed by atoms with Crippen LogP contribution in [0.4, 0.5) is 9.18 Å². The Morgan fingerprint density at radius 2 is 1.74 bits per heavy atom. The molecule has 7 nitrogen and oxygen atoms in total. The van der Waals surface area contributed by atoms with Crippen LogP contribution < -0.4 is 10.6 Å². The summed E-state index contributed by atoms with van der Waals surface area (Å²) in [6, 6.07) is 10.7. The van der Waals surface area contributed by atoms with E-state index in [4.69, 9.17) is 21.1 Å². The Balaban J connectivity index is 1.83. The van der Waals surface area contributed by atoms with Crippen molar-refractivity contribution in [2.45, 2.75) is 19.4 Å². The highest BCUT2D eigenvalue weighted by molar-refractivity contribution is 6.30. The number of halogens is 2. The molecule has 0 radical (unpaired) electrons. The molecule has 1 heterocycles. The van der Waals surface area contributed by atoms with Gasteiger partial charge in [-0.2, -0.15) is 0 Å². The molecule has 0 unspecified atom stereocenters. The first kappa shape index (κ1) is 22.3. The number of carbonyl (C=O) groups excluding carboxylic acids is 3. The number of rotatable bonds is 7. The highest BCUT2D eigenvalue weighted by Crippen LogP contribution is 2.28. The van der Waals surface area contributed by atoms with Crippen LogP contribution in [0.15, 0.2) is 59.8 Å². The molecular formula is C22H20ClFN2O5. The average Bonchev–Trinajstić information content (AvgIpc) is 2.74. The van der Waals surface area contributed by atoms with Crippen molar-refractivity contribution < 1.29 is 28.2 Å². The topological polar surface area (TPSA) is 93.7 Å². The smallest absolute Gasteiger partial charge is 0.338 e. The summed E-state index contributed by atoms with van der Waals surface area (Å²) in [6.45, 7) is 1.44. The Morgan fingerprint density at radius 3 is 2.39 bits per heavy atom. The molecule has 1 aliphatic rings. The zero-order valence-corrected chi connectivity index (χ0v) is 17.4. The minimum atomic E-state index is -0.809. The summed E-state index contributed by atoms with van der Waals surface area (Å²) in [6.07, 6.45) is -0.0882. The Hall–Kier alpha value is -3.39. The highest BCUT2D eigenvalue weighted by atomic mass is 35.5. The van der Waals surface area contributed by atoms with Gasteiger partial charge in [0.25, 0.3) is 0 Å². The third-order valence-electron chi connectivity index (χ3n) is 4.49. The van der Waals surface area contributed by atoms with E-state index in [0.29, 0.717) is 16.1 Å². The monoisotopic (exact) mass is 446 g/mol. The molecule has 3 rings (SSSR count). The lowest BCUT2D eigenvalue weighted by atomic mass is 9.95. The minimum absolute atomic E-state index is 0.0882. The van der Waals surface area contributed by atoms with Gasteiger partial charge >= 0.3 is 18.0 Å². The Bertz CT molecular complexity index is 1010. The second-order valence-corrected chi connectivity index (χ2v) is 7.10. The SMILES string of the molecule is CCOC(=O)C1=C(COC(=O)Cc2ccc(F)cc2)NC(=O)N[C@@H]1c1ccc(Cl)cc1. The predicted octanol–water partition coefficient (Wildman–Crippen LogP) is 3.44. The summed E-state index contributed by atoms with van der Waals surface area (Å²) < 4.78 is 23.4. The Labute approximate surface area is 183 Å². The molecule has 162 valence electrons. The van der Waals surface area contributed by atoms with Crippen LogP contribution in [0.1, 0.15) is 24.1 Å². The van der Waals surface area contributed by atoms with Gasteiger partial charge in [0, 0.05) is 5.02 Å². The van der Waals surface area contributed by atoms with Gasteiger partial charge in [0.1, 0.15) is 12.4 Å². The number of nitrogens with one attached hydrogen (secondary N) is 2. The van der Waals surface area contributed by atoms with Crippen LogP contribution in [-0.2, 0) is 25.5 Å². The number of hydrogen-bond acceptors (Lipinski definition) is 5. The molecule has 0 saturated carbocycles. The van der Waals surface area contributed by atoms with E-state index in [0.717, 1.165) is 0 Å². The molecule has 1 aliphatic heterocycles. The van der Waals surface area contributed by atoms with Crippen LogP contribution in [0, 0.1) is 5.82 Å². The van der Waals surface area contributed by atoms with E-state index < -0.39 is 29.8 Å². The molecule has 1 atom stereocenters. The van der Waals surface area contributed by atoms with Gasteiger partial charge in [0.05, 0.1) is 30.3 Å². The first-order chi connectivity index (χ1) is 14.9. The maximum absolute atomic E-state index is 13.0. The Morgan fingerprint density at radius 1 is 1.06 bits per heavy atom. The lowest BCUT2D eigenvalue weighted by Gasteiger charge is -2.29. The van der Waals surface area contributed by atoms with E-state index in [2.05, 4.69) is 10.6 Å². The third-order valence-corrected chi connectivity index (χ3v) is 4.74. The molecule has 0 aromatic heterocycles.